The van der Waals surface area contributed by atoms with Gasteiger partial charge in [-0.3, -0.25) is 4.90 Å². The van der Waals surface area contributed by atoms with E-state index in [1.807, 2.05) is 0 Å². The molecule has 3 unspecified atom stereocenters. The van der Waals surface area contributed by atoms with Gasteiger partial charge in [0.2, 0.25) is 0 Å². The number of hydrogen-bond acceptors (Lipinski definition) is 2. The van der Waals surface area contributed by atoms with Crippen molar-refractivity contribution in [2.75, 3.05) is 20.2 Å². The molecule has 23 heavy (non-hydrogen) atoms. The van der Waals surface area contributed by atoms with Crippen LogP contribution < -0.4 is 4.74 Å². The van der Waals surface area contributed by atoms with Crippen LogP contribution in [0.25, 0.3) is 10.9 Å². The summed E-state index contributed by atoms with van der Waals surface area (Å²) in [4.78, 5) is 6.48. The molecule has 3 heteroatoms. The van der Waals surface area contributed by atoms with Crippen molar-refractivity contribution < 1.29 is 4.74 Å². The number of fused-ring (bicyclic) bond motifs is 6. The Balaban J connectivity index is 1.69. The number of aromatic nitrogens is 1. The predicted molar refractivity (Wildman–Crippen MR) is 95.3 cm³/mol. The van der Waals surface area contributed by atoms with Crippen LogP contribution >= 0.6 is 0 Å². The second kappa shape index (κ2) is 6.20. The second-order valence-electron chi connectivity index (χ2n) is 7.21. The summed E-state index contributed by atoms with van der Waals surface area (Å²) < 4.78 is 5.46. The highest BCUT2D eigenvalue weighted by atomic mass is 16.5. The number of ether oxygens (including phenoxy) is 1. The SMILES string of the molecule is CCCCCCC1c2[nH]c3ccc(OC)cc3c2C2CCN1C2. The number of methoxy groups -OCH3 is 1. The van der Waals surface area contributed by atoms with Crippen LogP contribution in [0.1, 0.15) is 68.7 Å². The number of nitrogens with zero attached hydrogens (tertiary/aromatic N) is 1. The van der Waals surface area contributed by atoms with Crippen LogP contribution in [-0.2, 0) is 0 Å². The lowest BCUT2D eigenvalue weighted by Crippen LogP contribution is -2.30. The first-order valence-corrected chi connectivity index (χ1v) is 9.25. The zero-order valence-corrected chi connectivity index (χ0v) is 14.4. The van der Waals surface area contributed by atoms with Gasteiger partial charge in [0.05, 0.1) is 13.2 Å². The van der Waals surface area contributed by atoms with E-state index in [0.29, 0.717) is 12.0 Å². The molecule has 3 atom stereocenters. The van der Waals surface area contributed by atoms with Gasteiger partial charge in [-0.2, -0.15) is 0 Å². The Kier molecular flexibility index (Phi) is 4.06. The standard InChI is InChI=1S/C20H28N2O/c1-3-4-5-6-7-18-20-19(14-10-11-22(18)13-14)16-12-15(23-2)8-9-17(16)21-20/h8-9,12,14,18,21H,3-7,10-11,13H2,1-2H3. The summed E-state index contributed by atoms with van der Waals surface area (Å²) in [6, 6.07) is 7.08. The van der Waals surface area contributed by atoms with Crippen LogP contribution in [0.5, 0.6) is 5.75 Å². The third-order valence-electron chi connectivity index (χ3n) is 5.81. The van der Waals surface area contributed by atoms with E-state index < -0.39 is 0 Å². The van der Waals surface area contributed by atoms with Gasteiger partial charge in [0.15, 0.2) is 0 Å². The summed E-state index contributed by atoms with van der Waals surface area (Å²) in [6.07, 6.45) is 8.00. The van der Waals surface area contributed by atoms with Crippen LogP contribution in [0, 0.1) is 0 Å². The van der Waals surface area contributed by atoms with Gasteiger partial charge >= 0.3 is 0 Å². The highest BCUT2D eigenvalue weighted by Crippen LogP contribution is 2.47. The summed E-state index contributed by atoms with van der Waals surface area (Å²) in [7, 11) is 1.76. The maximum atomic E-state index is 5.46. The van der Waals surface area contributed by atoms with Crippen molar-refractivity contribution in [2.45, 2.75) is 57.4 Å². The molecule has 0 saturated carbocycles. The quantitative estimate of drug-likeness (QED) is 0.761. The highest BCUT2D eigenvalue weighted by Gasteiger charge is 2.39. The number of H-pyrrole nitrogens is 1. The molecule has 1 saturated heterocycles. The lowest BCUT2D eigenvalue weighted by Gasteiger charge is -2.32. The Morgan fingerprint density at radius 3 is 3.00 bits per heavy atom. The predicted octanol–water partition coefficient (Wildman–Crippen LogP) is 4.99. The fraction of sp³-hybridized carbons (Fsp3) is 0.600. The van der Waals surface area contributed by atoms with Crippen molar-refractivity contribution in [2.24, 2.45) is 0 Å². The van der Waals surface area contributed by atoms with E-state index in [0.717, 1.165) is 5.75 Å². The first kappa shape index (κ1) is 15.1. The molecular weight excluding hydrogens is 284 g/mol. The topological polar surface area (TPSA) is 28.3 Å². The van der Waals surface area contributed by atoms with Crippen molar-refractivity contribution >= 4 is 10.9 Å². The summed E-state index contributed by atoms with van der Waals surface area (Å²) in [5, 5.41) is 1.39. The second-order valence-corrected chi connectivity index (χ2v) is 7.21. The molecule has 0 amide bonds. The molecule has 2 bridgehead atoms. The maximum absolute atomic E-state index is 5.46. The minimum absolute atomic E-state index is 0.596. The van der Waals surface area contributed by atoms with Gasteiger partial charge in [-0.05, 0) is 43.1 Å². The number of rotatable bonds is 6. The zero-order chi connectivity index (χ0) is 15.8. The van der Waals surface area contributed by atoms with E-state index in [9.17, 15) is 0 Å². The summed E-state index contributed by atoms with van der Waals surface area (Å²) in [5.41, 5.74) is 4.37. The van der Waals surface area contributed by atoms with Gasteiger partial charge < -0.3 is 9.72 Å². The molecule has 0 radical (unpaired) electrons. The normalized spacial score (nSPS) is 25.7. The van der Waals surface area contributed by atoms with Crippen molar-refractivity contribution in [1.82, 2.24) is 9.88 Å². The molecule has 0 aliphatic carbocycles. The van der Waals surface area contributed by atoms with Crippen LogP contribution in [0.15, 0.2) is 18.2 Å². The van der Waals surface area contributed by atoms with Gasteiger partial charge in [-0.1, -0.05) is 32.6 Å². The third-order valence-corrected chi connectivity index (χ3v) is 5.81. The van der Waals surface area contributed by atoms with E-state index >= 15 is 0 Å². The van der Waals surface area contributed by atoms with Crippen molar-refractivity contribution in [3.05, 3.63) is 29.5 Å². The van der Waals surface area contributed by atoms with Crippen molar-refractivity contribution in [3.8, 4) is 5.75 Å². The van der Waals surface area contributed by atoms with Gasteiger partial charge in [0.1, 0.15) is 5.75 Å². The molecule has 1 N–H and O–H groups in total. The van der Waals surface area contributed by atoms with E-state index in [4.69, 9.17) is 4.74 Å². The highest BCUT2D eigenvalue weighted by molar-refractivity contribution is 5.87. The van der Waals surface area contributed by atoms with Gasteiger partial charge in [-0.15, -0.1) is 0 Å². The van der Waals surface area contributed by atoms with Crippen LogP contribution in [0.2, 0.25) is 0 Å². The lowest BCUT2D eigenvalue weighted by molar-refractivity contribution is 0.211. The minimum atomic E-state index is 0.596. The number of aromatic amines is 1. The van der Waals surface area contributed by atoms with Crippen molar-refractivity contribution in [1.29, 1.82) is 0 Å². The van der Waals surface area contributed by atoms with Crippen LogP contribution in [-0.4, -0.2) is 30.1 Å². The molecular formula is C20H28N2O. The van der Waals surface area contributed by atoms with Gasteiger partial charge in [0.25, 0.3) is 0 Å². The fourth-order valence-electron chi connectivity index (χ4n) is 4.62. The average Bonchev–Trinajstić information content (AvgIpc) is 3.16. The zero-order valence-electron chi connectivity index (χ0n) is 14.4. The lowest BCUT2D eigenvalue weighted by atomic mass is 9.89. The molecule has 1 fully saturated rings. The minimum Gasteiger partial charge on any atom is -0.497 e. The maximum Gasteiger partial charge on any atom is 0.119 e. The number of nitrogens with one attached hydrogen (secondary N) is 1. The molecule has 124 valence electrons. The monoisotopic (exact) mass is 312 g/mol. The van der Waals surface area contributed by atoms with E-state index in [-0.39, 0.29) is 0 Å². The Hall–Kier alpha value is -1.48. The number of unbranched alkanes of at least 4 members (excludes halogenated alkanes) is 3. The number of benzene rings is 1. The molecule has 2 aromatic rings. The van der Waals surface area contributed by atoms with E-state index in [2.05, 4.69) is 35.0 Å². The van der Waals surface area contributed by atoms with Crippen molar-refractivity contribution in [3.63, 3.8) is 0 Å². The first-order chi connectivity index (χ1) is 11.3. The van der Waals surface area contributed by atoms with Gasteiger partial charge in [0, 0.05) is 29.1 Å². The Bertz CT molecular complexity index is 690. The summed E-state index contributed by atoms with van der Waals surface area (Å²) >= 11 is 0. The molecule has 3 heterocycles. The number of hydrogen-bond donors (Lipinski definition) is 1. The van der Waals surface area contributed by atoms with Crippen LogP contribution in [0.4, 0.5) is 0 Å². The Morgan fingerprint density at radius 2 is 2.17 bits per heavy atom. The average molecular weight is 312 g/mol. The first-order valence-electron chi connectivity index (χ1n) is 9.25. The van der Waals surface area contributed by atoms with Crippen LogP contribution in [0.3, 0.4) is 0 Å². The van der Waals surface area contributed by atoms with Gasteiger partial charge in [-0.25, -0.2) is 0 Å². The Labute approximate surface area is 139 Å². The summed E-state index contributed by atoms with van der Waals surface area (Å²) in [6.45, 7) is 4.79. The molecule has 2 aliphatic rings. The molecule has 0 spiro atoms. The molecule has 1 aromatic heterocycles. The smallest absolute Gasteiger partial charge is 0.119 e. The molecule has 4 rings (SSSR count). The van der Waals surface area contributed by atoms with E-state index in [1.54, 1.807) is 12.7 Å². The summed E-state index contributed by atoms with van der Waals surface area (Å²) in [5.74, 6) is 1.68. The molecule has 1 aromatic carbocycles. The fourth-order valence-corrected chi connectivity index (χ4v) is 4.62. The van der Waals surface area contributed by atoms with E-state index in [1.165, 1.54) is 68.2 Å². The largest absolute Gasteiger partial charge is 0.497 e. The third kappa shape index (κ3) is 2.55. The molecule has 3 nitrogen and oxygen atoms in total. The molecule has 2 aliphatic heterocycles. The Morgan fingerprint density at radius 1 is 1.26 bits per heavy atom.